The van der Waals surface area contributed by atoms with Crippen LogP contribution in [0.25, 0.3) is 5.69 Å². The number of amides is 1. The molecule has 3 aromatic rings. The summed E-state index contributed by atoms with van der Waals surface area (Å²) in [6, 6.07) is 14.8. The number of nitrogens with one attached hydrogen (secondary N) is 1. The number of hydrogen-bond acceptors (Lipinski definition) is 4. The summed E-state index contributed by atoms with van der Waals surface area (Å²) in [4.78, 5) is 23.6. The number of nitrogens with zero attached hydrogens (tertiary/aromatic N) is 2. The van der Waals surface area contributed by atoms with Gasteiger partial charge in [0.25, 0.3) is 0 Å². The first-order valence-electron chi connectivity index (χ1n) is 9.33. The molecule has 0 aliphatic carbocycles. The molecule has 0 radical (unpaired) electrons. The number of carbonyl (C=O) groups excluding carboxylic acids is 2. The Balaban J connectivity index is 1.69. The second-order valence-corrected chi connectivity index (χ2v) is 6.80. The number of methoxy groups -OCH3 is 1. The van der Waals surface area contributed by atoms with E-state index in [1.165, 1.54) is 19.2 Å². The summed E-state index contributed by atoms with van der Waals surface area (Å²) in [5, 5.41) is 4.04. The van der Waals surface area contributed by atoms with Gasteiger partial charge in [0.15, 0.2) is 0 Å². The van der Waals surface area contributed by atoms with Crippen molar-refractivity contribution in [2.45, 2.75) is 20.3 Å². The quantitative estimate of drug-likeness (QED) is 0.385. The number of rotatable bonds is 6. The first kappa shape index (κ1) is 21.0. The molecule has 0 aliphatic rings. The Morgan fingerprint density at radius 2 is 1.77 bits per heavy atom. The van der Waals surface area contributed by atoms with Crippen molar-refractivity contribution in [2.24, 2.45) is 5.10 Å². The van der Waals surface area contributed by atoms with Gasteiger partial charge in [0.05, 0.1) is 25.3 Å². The standard InChI is InChI=1S/C23H22FN3O3/c1-15-12-19(14-25-26-22(28)13-17-4-8-20(24)9-5-17)16(2)27(15)21-10-6-18(7-11-21)23(29)30-3/h4-12,14H,13H2,1-3H3,(H,26,28)/b25-14+. The lowest BCUT2D eigenvalue weighted by atomic mass is 10.1. The Hall–Kier alpha value is -3.74. The lowest BCUT2D eigenvalue weighted by Crippen LogP contribution is -2.19. The normalized spacial score (nSPS) is 10.9. The lowest BCUT2D eigenvalue weighted by Gasteiger charge is -2.10. The minimum Gasteiger partial charge on any atom is -0.465 e. The largest absolute Gasteiger partial charge is 0.465 e. The summed E-state index contributed by atoms with van der Waals surface area (Å²) in [6.07, 6.45) is 1.70. The van der Waals surface area contributed by atoms with Gasteiger partial charge in [-0.05, 0) is 61.9 Å². The summed E-state index contributed by atoms with van der Waals surface area (Å²) in [7, 11) is 1.35. The average Bonchev–Trinajstić information content (AvgIpc) is 3.02. The van der Waals surface area contributed by atoms with E-state index < -0.39 is 0 Å². The van der Waals surface area contributed by atoms with Gasteiger partial charge in [-0.25, -0.2) is 14.6 Å². The van der Waals surface area contributed by atoms with Crippen LogP contribution in [-0.4, -0.2) is 29.8 Å². The van der Waals surface area contributed by atoms with Crippen LogP contribution in [0.3, 0.4) is 0 Å². The number of aryl methyl sites for hydroxylation is 1. The highest BCUT2D eigenvalue weighted by molar-refractivity contribution is 5.89. The van der Waals surface area contributed by atoms with Crippen molar-refractivity contribution in [1.29, 1.82) is 0 Å². The second-order valence-electron chi connectivity index (χ2n) is 6.80. The molecular formula is C23H22FN3O3. The molecule has 0 saturated heterocycles. The van der Waals surface area contributed by atoms with Gasteiger partial charge >= 0.3 is 5.97 Å². The van der Waals surface area contributed by atoms with Crippen LogP contribution in [0.2, 0.25) is 0 Å². The third-order valence-corrected chi connectivity index (χ3v) is 4.69. The highest BCUT2D eigenvalue weighted by Gasteiger charge is 2.11. The number of esters is 1. The number of ether oxygens (including phenoxy) is 1. The first-order valence-corrected chi connectivity index (χ1v) is 9.33. The molecule has 0 bridgehead atoms. The highest BCUT2D eigenvalue weighted by atomic mass is 19.1. The third kappa shape index (κ3) is 4.81. The molecule has 1 heterocycles. The van der Waals surface area contributed by atoms with Crippen LogP contribution in [0.4, 0.5) is 4.39 Å². The van der Waals surface area contributed by atoms with E-state index >= 15 is 0 Å². The Morgan fingerprint density at radius 1 is 1.10 bits per heavy atom. The number of aromatic nitrogens is 1. The van der Waals surface area contributed by atoms with E-state index in [-0.39, 0.29) is 24.1 Å². The predicted octanol–water partition coefficient (Wildman–Crippen LogP) is 3.71. The first-order chi connectivity index (χ1) is 14.4. The van der Waals surface area contributed by atoms with E-state index in [0.29, 0.717) is 11.1 Å². The zero-order valence-corrected chi connectivity index (χ0v) is 17.0. The maximum atomic E-state index is 12.9. The maximum Gasteiger partial charge on any atom is 0.337 e. The summed E-state index contributed by atoms with van der Waals surface area (Å²) < 4.78 is 19.7. The van der Waals surface area contributed by atoms with Gasteiger partial charge in [0.1, 0.15) is 5.82 Å². The molecule has 0 atom stereocenters. The monoisotopic (exact) mass is 407 g/mol. The zero-order valence-electron chi connectivity index (χ0n) is 17.0. The number of hydrogen-bond donors (Lipinski definition) is 1. The van der Waals surface area contributed by atoms with E-state index in [1.54, 1.807) is 30.5 Å². The molecule has 0 saturated carbocycles. The minimum atomic E-state index is -0.383. The Kier molecular flexibility index (Phi) is 6.41. The van der Waals surface area contributed by atoms with Gasteiger partial charge in [0.2, 0.25) is 5.91 Å². The minimum absolute atomic E-state index is 0.114. The molecule has 1 aromatic heterocycles. The van der Waals surface area contributed by atoms with Crippen LogP contribution in [0.15, 0.2) is 59.7 Å². The van der Waals surface area contributed by atoms with E-state index in [0.717, 1.165) is 22.6 Å². The molecule has 6 nitrogen and oxygen atoms in total. The fraction of sp³-hybridized carbons (Fsp3) is 0.174. The van der Waals surface area contributed by atoms with Gasteiger partial charge < -0.3 is 9.30 Å². The molecule has 0 spiro atoms. The van der Waals surface area contributed by atoms with E-state index in [2.05, 4.69) is 10.5 Å². The van der Waals surface area contributed by atoms with E-state index in [1.807, 2.05) is 36.6 Å². The summed E-state index contributed by atoms with van der Waals surface area (Å²) >= 11 is 0. The average molecular weight is 407 g/mol. The number of benzene rings is 2. The Bertz CT molecular complexity index is 1080. The van der Waals surface area contributed by atoms with E-state index in [4.69, 9.17) is 4.74 Å². The summed E-state index contributed by atoms with van der Waals surface area (Å²) in [5.74, 6) is -1.01. The molecule has 0 aliphatic heterocycles. The van der Waals surface area contributed by atoms with Gasteiger partial charge in [-0.2, -0.15) is 5.10 Å². The number of halogens is 1. The molecular weight excluding hydrogens is 385 g/mol. The Labute approximate surface area is 174 Å². The van der Waals surface area contributed by atoms with E-state index in [9.17, 15) is 14.0 Å². The van der Waals surface area contributed by atoms with Crippen LogP contribution in [0, 0.1) is 19.7 Å². The molecule has 2 aromatic carbocycles. The van der Waals surface area contributed by atoms with Crippen molar-refractivity contribution in [3.05, 3.63) is 88.5 Å². The van der Waals surface area contributed by atoms with Crippen molar-refractivity contribution in [3.63, 3.8) is 0 Å². The van der Waals surface area contributed by atoms with Crippen LogP contribution in [0.1, 0.15) is 32.9 Å². The van der Waals surface area contributed by atoms with Crippen LogP contribution >= 0.6 is 0 Å². The molecule has 0 fully saturated rings. The number of hydrazone groups is 1. The zero-order chi connectivity index (χ0) is 21.7. The van der Waals surface area contributed by atoms with Gasteiger partial charge in [0, 0.05) is 22.6 Å². The van der Waals surface area contributed by atoms with Gasteiger partial charge in [-0.3, -0.25) is 4.79 Å². The molecule has 7 heteroatoms. The van der Waals surface area contributed by atoms with Crippen LogP contribution in [0.5, 0.6) is 0 Å². The smallest absolute Gasteiger partial charge is 0.337 e. The van der Waals surface area contributed by atoms with Gasteiger partial charge in [-0.15, -0.1) is 0 Å². The molecule has 154 valence electrons. The fourth-order valence-corrected chi connectivity index (χ4v) is 3.18. The van der Waals surface area contributed by atoms with Crippen LogP contribution in [-0.2, 0) is 16.0 Å². The van der Waals surface area contributed by atoms with Gasteiger partial charge in [-0.1, -0.05) is 12.1 Å². The van der Waals surface area contributed by atoms with Crippen LogP contribution < -0.4 is 5.43 Å². The predicted molar refractivity (Wildman–Crippen MR) is 112 cm³/mol. The molecule has 30 heavy (non-hydrogen) atoms. The maximum absolute atomic E-state index is 12.9. The molecule has 0 unspecified atom stereocenters. The second kappa shape index (κ2) is 9.17. The molecule has 1 amide bonds. The van der Waals surface area contributed by atoms with Crippen molar-refractivity contribution in [2.75, 3.05) is 7.11 Å². The SMILES string of the molecule is COC(=O)c1ccc(-n2c(C)cc(/C=N/NC(=O)Cc3ccc(F)cc3)c2C)cc1. The van der Waals surface area contributed by atoms with Crippen molar-refractivity contribution < 1.29 is 18.7 Å². The van der Waals surface area contributed by atoms with Crippen molar-refractivity contribution >= 4 is 18.1 Å². The fourth-order valence-electron chi connectivity index (χ4n) is 3.18. The Morgan fingerprint density at radius 3 is 2.40 bits per heavy atom. The summed E-state index contributed by atoms with van der Waals surface area (Å²) in [6.45, 7) is 3.91. The van der Waals surface area contributed by atoms with Crippen molar-refractivity contribution in [3.8, 4) is 5.69 Å². The highest BCUT2D eigenvalue weighted by Crippen LogP contribution is 2.20. The van der Waals surface area contributed by atoms with Crippen molar-refractivity contribution in [1.82, 2.24) is 9.99 Å². The number of carbonyl (C=O) groups is 2. The third-order valence-electron chi connectivity index (χ3n) is 4.69. The molecule has 3 rings (SSSR count). The summed E-state index contributed by atoms with van der Waals surface area (Å²) in [5.41, 5.74) is 7.36. The lowest BCUT2D eigenvalue weighted by molar-refractivity contribution is -0.120. The topological polar surface area (TPSA) is 72.7 Å². The molecule has 1 N–H and O–H groups in total.